The SMILES string of the molecule is C[C@H](NC(=O)CCn1c(=O)oc2ccccc21)C12CC3CC(CC(C3)C1)C2. The lowest BCUT2D eigenvalue weighted by atomic mass is 9.48. The van der Waals surface area contributed by atoms with Crippen LogP contribution in [0.3, 0.4) is 0 Å². The minimum atomic E-state index is -0.391. The summed E-state index contributed by atoms with van der Waals surface area (Å²) in [6, 6.07) is 7.58. The van der Waals surface area contributed by atoms with Gasteiger partial charge in [0.2, 0.25) is 5.91 Å². The smallest absolute Gasteiger partial charge is 0.408 e. The summed E-state index contributed by atoms with van der Waals surface area (Å²) in [5.41, 5.74) is 1.64. The number of oxazole rings is 1. The van der Waals surface area contributed by atoms with E-state index in [4.69, 9.17) is 4.42 Å². The van der Waals surface area contributed by atoms with E-state index in [0.717, 1.165) is 23.3 Å². The predicted molar refractivity (Wildman–Crippen MR) is 103 cm³/mol. The zero-order valence-corrected chi connectivity index (χ0v) is 15.9. The average molecular weight is 368 g/mol. The van der Waals surface area contributed by atoms with Crippen molar-refractivity contribution in [1.82, 2.24) is 9.88 Å². The van der Waals surface area contributed by atoms with E-state index >= 15 is 0 Å². The van der Waals surface area contributed by atoms with Gasteiger partial charge < -0.3 is 9.73 Å². The summed E-state index contributed by atoms with van der Waals surface area (Å²) >= 11 is 0. The summed E-state index contributed by atoms with van der Waals surface area (Å²) < 4.78 is 6.81. The fraction of sp³-hybridized carbons (Fsp3) is 0.636. The predicted octanol–water partition coefficient (Wildman–Crippen LogP) is 3.71. The molecule has 144 valence electrons. The Morgan fingerprint density at radius 3 is 2.48 bits per heavy atom. The van der Waals surface area contributed by atoms with E-state index in [-0.39, 0.29) is 11.9 Å². The number of nitrogens with one attached hydrogen (secondary N) is 1. The van der Waals surface area contributed by atoms with Gasteiger partial charge in [-0.2, -0.15) is 0 Å². The highest BCUT2D eigenvalue weighted by molar-refractivity contribution is 5.77. The first-order valence-corrected chi connectivity index (χ1v) is 10.4. The van der Waals surface area contributed by atoms with E-state index in [1.807, 2.05) is 18.2 Å². The summed E-state index contributed by atoms with van der Waals surface area (Å²) in [5.74, 6) is 2.29. The highest BCUT2D eigenvalue weighted by Gasteiger charge is 2.53. The summed E-state index contributed by atoms with van der Waals surface area (Å²) in [4.78, 5) is 24.7. The molecule has 4 aliphatic carbocycles. The molecule has 0 unspecified atom stereocenters. The van der Waals surface area contributed by atoms with Crippen molar-refractivity contribution >= 4 is 17.0 Å². The number of para-hydroxylation sites is 2. The molecule has 4 aliphatic rings. The third-order valence-corrected chi connectivity index (χ3v) is 7.52. The minimum absolute atomic E-state index is 0.0374. The third-order valence-electron chi connectivity index (χ3n) is 7.52. The molecule has 4 bridgehead atoms. The molecule has 0 saturated heterocycles. The molecule has 5 nitrogen and oxygen atoms in total. The second kappa shape index (κ2) is 6.25. The fourth-order valence-corrected chi connectivity index (χ4v) is 6.61. The summed E-state index contributed by atoms with van der Waals surface area (Å²) in [7, 11) is 0. The molecule has 1 aromatic carbocycles. The van der Waals surface area contributed by atoms with E-state index in [1.54, 1.807) is 10.6 Å². The molecule has 1 heterocycles. The van der Waals surface area contributed by atoms with Gasteiger partial charge in [-0.25, -0.2) is 4.79 Å². The first-order chi connectivity index (χ1) is 13.0. The molecule has 1 N–H and O–H groups in total. The fourth-order valence-electron chi connectivity index (χ4n) is 6.61. The van der Waals surface area contributed by atoms with Crippen LogP contribution in [-0.4, -0.2) is 16.5 Å². The normalized spacial score (nSPS) is 32.7. The number of benzene rings is 1. The molecule has 0 aliphatic heterocycles. The van der Waals surface area contributed by atoms with Crippen molar-refractivity contribution in [3.8, 4) is 0 Å². The van der Waals surface area contributed by atoms with E-state index in [2.05, 4.69) is 12.2 Å². The molecule has 5 heteroatoms. The van der Waals surface area contributed by atoms with Gasteiger partial charge in [0.25, 0.3) is 0 Å². The van der Waals surface area contributed by atoms with Gasteiger partial charge in [-0.1, -0.05) is 12.1 Å². The molecule has 4 fully saturated rings. The maximum absolute atomic E-state index is 12.6. The van der Waals surface area contributed by atoms with Crippen molar-refractivity contribution < 1.29 is 9.21 Å². The first-order valence-electron chi connectivity index (χ1n) is 10.4. The first kappa shape index (κ1) is 17.1. The highest BCUT2D eigenvalue weighted by atomic mass is 16.4. The van der Waals surface area contributed by atoms with Crippen molar-refractivity contribution in [2.75, 3.05) is 0 Å². The highest BCUT2D eigenvalue weighted by Crippen LogP contribution is 2.61. The number of nitrogens with zero attached hydrogens (tertiary/aromatic N) is 1. The number of fused-ring (bicyclic) bond motifs is 1. The second-order valence-corrected chi connectivity index (χ2v) is 9.31. The van der Waals surface area contributed by atoms with Gasteiger partial charge in [-0.05, 0) is 80.8 Å². The Kier molecular flexibility index (Phi) is 3.95. The van der Waals surface area contributed by atoms with Crippen LogP contribution in [0.4, 0.5) is 0 Å². The van der Waals surface area contributed by atoms with E-state index in [9.17, 15) is 9.59 Å². The lowest BCUT2D eigenvalue weighted by molar-refractivity contribution is -0.126. The maximum Gasteiger partial charge on any atom is 0.419 e. The third kappa shape index (κ3) is 2.91. The van der Waals surface area contributed by atoms with Crippen LogP contribution in [-0.2, 0) is 11.3 Å². The van der Waals surface area contributed by atoms with Crippen LogP contribution in [0.2, 0.25) is 0 Å². The molecule has 1 atom stereocenters. The van der Waals surface area contributed by atoms with E-state index in [1.165, 1.54) is 38.5 Å². The standard InChI is InChI=1S/C22H28N2O3/c1-14(22-11-15-8-16(12-22)10-17(9-15)13-22)23-20(25)6-7-24-18-4-2-3-5-19(18)27-21(24)26/h2-5,14-17H,6-13H2,1H3,(H,23,25)/t14-,15?,16?,17?,22?/m0/s1. The molecular formula is C22H28N2O3. The van der Waals surface area contributed by atoms with Gasteiger partial charge in [0.1, 0.15) is 0 Å². The van der Waals surface area contributed by atoms with Crippen LogP contribution < -0.4 is 11.1 Å². The molecule has 1 amide bonds. The van der Waals surface area contributed by atoms with Crippen molar-refractivity contribution in [2.45, 2.75) is 64.5 Å². The summed E-state index contributed by atoms with van der Waals surface area (Å²) in [6.07, 6.45) is 8.40. The van der Waals surface area contributed by atoms with Crippen molar-refractivity contribution in [3.05, 3.63) is 34.8 Å². The number of hydrogen-bond donors (Lipinski definition) is 1. The van der Waals surface area contributed by atoms with Crippen LogP contribution >= 0.6 is 0 Å². The number of aryl methyl sites for hydroxylation is 1. The summed E-state index contributed by atoms with van der Waals surface area (Å²) in [6.45, 7) is 2.56. The maximum atomic E-state index is 12.6. The molecular weight excluding hydrogens is 340 g/mol. The number of carbonyl (C=O) groups is 1. The molecule has 2 aromatic rings. The second-order valence-electron chi connectivity index (χ2n) is 9.31. The van der Waals surface area contributed by atoms with Crippen LogP contribution in [0.5, 0.6) is 0 Å². The number of rotatable bonds is 5. The topological polar surface area (TPSA) is 64.2 Å². The van der Waals surface area contributed by atoms with Crippen molar-refractivity contribution in [2.24, 2.45) is 23.2 Å². The van der Waals surface area contributed by atoms with Crippen LogP contribution in [0.25, 0.3) is 11.1 Å². The van der Waals surface area contributed by atoms with Crippen molar-refractivity contribution in [1.29, 1.82) is 0 Å². The molecule has 6 rings (SSSR count). The number of aromatic nitrogens is 1. The van der Waals surface area contributed by atoms with Gasteiger partial charge in [0.15, 0.2) is 5.58 Å². The largest absolute Gasteiger partial charge is 0.419 e. The Morgan fingerprint density at radius 2 is 1.81 bits per heavy atom. The lowest BCUT2D eigenvalue weighted by Crippen LogP contribution is -2.55. The molecule has 1 aromatic heterocycles. The molecule has 0 spiro atoms. The number of amides is 1. The van der Waals surface area contributed by atoms with E-state index < -0.39 is 5.76 Å². The van der Waals surface area contributed by atoms with Gasteiger partial charge in [-0.3, -0.25) is 9.36 Å². The van der Waals surface area contributed by atoms with Gasteiger partial charge in [-0.15, -0.1) is 0 Å². The van der Waals surface area contributed by atoms with Crippen LogP contribution in [0.1, 0.15) is 51.9 Å². The number of carbonyl (C=O) groups excluding carboxylic acids is 1. The van der Waals surface area contributed by atoms with Gasteiger partial charge in [0, 0.05) is 19.0 Å². The average Bonchev–Trinajstić information content (AvgIpc) is 2.94. The molecule has 27 heavy (non-hydrogen) atoms. The summed E-state index contributed by atoms with van der Waals surface area (Å²) in [5, 5.41) is 3.28. The van der Waals surface area contributed by atoms with Gasteiger partial charge >= 0.3 is 5.76 Å². The Labute approximate surface area is 159 Å². The van der Waals surface area contributed by atoms with Crippen LogP contribution in [0.15, 0.2) is 33.5 Å². The molecule has 4 saturated carbocycles. The minimum Gasteiger partial charge on any atom is -0.408 e. The quantitative estimate of drug-likeness (QED) is 0.875. The monoisotopic (exact) mass is 368 g/mol. The zero-order chi connectivity index (χ0) is 18.6. The number of hydrogen-bond acceptors (Lipinski definition) is 3. The zero-order valence-electron chi connectivity index (χ0n) is 15.9. The van der Waals surface area contributed by atoms with Crippen LogP contribution in [0, 0.1) is 23.2 Å². The lowest BCUT2D eigenvalue weighted by Gasteiger charge is -2.59. The Hall–Kier alpha value is -2.04. The Bertz CT molecular complexity index is 890. The Morgan fingerprint density at radius 1 is 1.19 bits per heavy atom. The van der Waals surface area contributed by atoms with Crippen molar-refractivity contribution in [3.63, 3.8) is 0 Å². The molecule has 0 radical (unpaired) electrons. The van der Waals surface area contributed by atoms with Gasteiger partial charge in [0.05, 0.1) is 5.52 Å². The van der Waals surface area contributed by atoms with E-state index in [0.29, 0.717) is 24.0 Å². The Balaban J connectivity index is 1.24.